The van der Waals surface area contributed by atoms with E-state index in [0.29, 0.717) is 27.7 Å². The van der Waals surface area contributed by atoms with Gasteiger partial charge in [-0.25, -0.2) is 4.39 Å². The van der Waals surface area contributed by atoms with Gasteiger partial charge in [-0.1, -0.05) is 47.2 Å². The van der Waals surface area contributed by atoms with Crippen molar-refractivity contribution in [2.24, 2.45) is 0 Å². The third-order valence-electron chi connectivity index (χ3n) is 3.27. The second-order valence-corrected chi connectivity index (χ2v) is 6.15. The fourth-order valence-electron chi connectivity index (χ4n) is 2.14. The fraction of sp³-hybridized carbons (Fsp3) is 0.118. The lowest BCUT2D eigenvalue weighted by atomic mass is 10.1. The predicted octanol–water partition coefficient (Wildman–Crippen LogP) is 3.83. The molecule has 0 radical (unpaired) electrons. The van der Waals surface area contributed by atoms with Crippen molar-refractivity contribution in [3.63, 3.8) is 0 Å². The second kappa shape index (κ2) is 6.66. The van der Waals surface area contributed by atoms with Crippen LogP contribution in [0.2, 0.25) is 0 Å². The van der Waals surface area contributed by atoms with Crippen molar-refractivity contribution < 1.29 is 9.18 Å². The molecule has 6 heteroatoms. The zero-order chi connectivity index (χ0) is 16.2. The van der Waals surface area contributed by atoms with Gasteiger partial charge in [-0.05, 0) is 30.7 Å². The number of benzene rings is 2. The van der Waals surface area contributed by atoms with E-state index < -0.39 is 0 Å². The Balaban J connectivity index is 1.70. The molecule has 0 aliphatic heterocycles. The van der Waals surface area contributed by atoms with E-state index >= 15 is 0 Å². The number of anilines is 1. The van der Waals surface area contributed by atoms with Crippen LogP contribution in [0.3, 0.4) is 0 Å². The van der Waals surface area contributed by atoms with Crippen LogP contribution in [0.4, 0.5) is 9.52 Å². The largest absolute Gasteiger partial charge is 0.296 e. The quantitative estimate of drug-likeness (QED) is 0.792. The van der Waals surface area contributed by atoms with Gasteiger partial charge in [-0.15, -0.1) is 10.2 Å². The third kappa shape index (κ3) is 3.78. The van der Waals surface area contributed by atoms with Crippen LogP contribution in [-0.2, 0) is 6.42 Å². The van der Waals surface area contributed by atoms with E-state index in [-0.39, 0.29) is 11.7 Å². The molecule has 3 aromatic rings. The number of hydrogen-bond donors (Lipinski definition) is 1. The first-order valence-corrected chi connectivity index (χ1v) is 7.87. The van der Waals surface area contributed by atoms with E-state index in [1.807, 2.05) is 19.1 Å². The number of carbonyl (C=O) groups is 1. The Bertz CT molecular complexity index is 847. The smallest absolute Gasteiger partial charge is 0.257 e. The Kier molecular flexibility index (Phi) is 4.43. The zero-order valence-corrected chi connectivity index (χ0v) is 13.2. The Labute approximate surface area is 137 Å². The number of hydrogen-bond acceptors (Lipinski definition) is 4. The molecule has 0 spiro atoms. The van der Waals surface area contributed by atoms with Crippen LogP contribution < -0.4 is 5.32 Å². The first-order valence-electron chi connectivity index (χ1n) is 7.05. The Morgan fingerprint density at radius 2 is 2.00 bits per heavy atom. The molecule has 1 heterocycles. The highest BCUT2D eigenvalue weighted by molar-refractivity contribution is 7.15. The summed E-state index contributed by atoms with van der Waals surface area (Å²) in [7, 11) is 0. The molecular formula is C17H14FN3OS. The second-order valence-electron chi connectivity index (χ2n) is 5.09. The summed E-state index contributed by atoms with van der Waals surface area (Å²) in [4.78, 5) is 12.2. The lowest BCUT2D eigenvalue weighted by Gasteiger charge is -2.01. The van der Waals surface area contributed by atoms with Gasteiger partial charge in [0.2, 0.25) is 5.13 Å². The van der Waals surface area contributed by atoms with Crippen molar-refractivity contribution in [2.75, 3.05) is 5.32 Å². The molecule has 0 saturated carbocycles. The summed E-state index contributed by atoms with van der Waals surface area (Å²) >= 11 is 1.24. The summed E-state index contributed by atoms with van der Waals surface area (Å²) < 4.78 is 13.6. The number of nitrogens with one attached hydrogen (secondary N) is 1. The van der Waals surface area contributed by atoms with Gasteiger partial charge in [0.1, 0.15) is 10.8 Å². The molecule has 3 rings (SSSR count). The lowest BCUT2D eigenvalue weighted by Crippen LogP contribution is -2.11. The molecule has 116 valence electrons. The van der Waals surface area contributed by atoms with Crippen molar-refractivity contribution in [2.45, 2.75) is 13.3 Å². The lowest BCUT2D eigenvalue weighted by molar-refractivity contribution is 0.102. The molecule has 1 N–H and O–H groups in total. The molecule has 23 heavy (non-hydrogen) atoms. The van der Waals surface area contributed by atoms with Crippen LogP contribution in [0.1, 0.15) is 26.5 Å². The van der Waals surface area contributed by atoms with E-state index in [4.69, 9.17) is 0 Å². The van der Waals surface area contributed by atoms with Crippen LogP contribution in [0.5, 0.6) is 0 Å². The normalized spacial score (nSPS) is 10.5. The maximum atomic E-state index is 13.6. The van der Waals surface area contributed by atoms with Crippen molar-refractivity contribution in [3.05, 3.63) is 76.0 Å². The number of amides is 1. The summed E-state index contributed by atoms with van der Waals surface area (Å²) in [5, 5.41) is 11.7. The zero-order valence-electron chi connectivity index (χ0n) is 12.4. The number of nitrogens with zero attached hydrogens (tertiary/aromatic N) is 2. The number of aryl methyl sites for hydroxylation is 1. The summed E-state index contributed by atoms with van der Waals surface area (Å²) in [5.41, 5.74) is 2.13. The highest BCUT2D eigenvalue weighted by Gasteiger charge is 2.11. The molecule has 0 bridgehead atoms. The minimum Gasteiger partial charge on any atom is -0.296 e. The molecule has 0 aliphatic rings. The van der Waals surface area contributed by atoms with Gasteiger partial charge in [0, 0.05) is 12.0 Å². The van der Waals surface area contributed by atoms with Gasteiger partial charge in [-0.2, -0.15) is 0 Å². The highest BCUT2D eigenvalue weighted by atomic mass is 32.1. The van der Waals surface area contributed by atoms with Gasteiger partial charge in [-0.3, -0.25) is 10.1 Å². The SMILES string of the molecule is Cc1cccc(C(=O)Nc2nnc(Cc3ccccc3F)s2)c1. The van der Waals surface area contributed by atoms with Crippen LogP contribution >= 0.6 is 11.3 Å². The predicted molar refractivity (Wildman–Crippen MR) is 88.2 cm³/mol. The summed E-state index contributed by atoms with van der Waals surface area (Å²) in [5.74, 6) is -0.504. The van der Waals surface area contributed by atoms with E-state index in [0.717, 1.165) is 5.56 Å². The first-order chi connectivity index (χ1) is 11.1. The minimum atomic E-state index is -0.270. The number of rotatable bonds is 4. The number of carbonyl (C=O) groups excluding carboxylic acids is 1. The van der Waals surface area contributed by atoms with Gasteiger partial charge in [0.15, 0.2) is 0 Å². The van der Waals surface area contributed by atoms with E-state index in [1.165, 1.54) is 17.4 Å². The molecule has 0 unspecified atom stereocenters. The monoisotopic (exact) mass is 327 g/mol. The summed E-state index contributed by atoms with van der Waals surface area (Å²) in [6, 6.07) is 13.8. The standard InChI is InChI=1S/C17H14FN3OS/c1-11-5-4-7-13(9-11)16(22)19-17-21-20-15(23-17)10-12-6-2-3-8-14(12)18/h2-9H,10H2,1H3,(H,19,21,22). The van der Waals surface area contributed by atoms with E-state index in [2.05, 4.69) is 15.5 Å². The van der Waals surface area contributed by atoms with Crippen LogP contribution in [0, 0.1) is 12.7 Å². The molecule has 1 amide bonds. The molecule has 0 fully saturated rings. The molecule has 4 nitrogen and oxygen atoms in total. The number of halogens is 1. The average Bonchev–Trinajstić information content (AvgIpc) is 2.97. The van der Waals surface area contributed by atoms with Gasteiger partial charge >= 0.3 is 0 Å². The van der Waals surface area contributed by atoms with Gasteiger partial charge in [0.05, 0.1) is 0 Å². The van der Waals surface area contributed by atoms with Crippen molar-refractivity contribution in [1.82, 2.24) is 10.2 Å². The van der Waals surface area contributed by atoms with Crippen molar-refractivity contribution >= 4 is 22.4 Å². The maximum Gasteiger partial charge on any atom is 0.257 e. The summed E-state index contributed by atoms with van der Waals surface area (Å²) in [6.45, 7) is 1.92. The highest BCUT2D eigenvalue weighted by Crippen LogP contribution is 2.20. The van der Waals surface area contributed by atoms with E-state index in [1.54, 1.807) is 30.3 Å². The van der Waals surface area contributed by atoms with Crippen molar-refractivity contribution in [3.8, 4) is 0 Å². The van der Waals surface area contributed by atoms with Crippen LogP contribution in [0.25, 0.3) is 0 Å². The van der Waals surface area contributed by atoms with Crippen LogP contribution in [0.15, 0.2) is 48.5 Å². The molecule has 0 atom stereocenters. The Hall–Kier alpha value is -2.60. The average molecular weight is 327 g/mol. The Morgan fingerprint density at radius 1 is 1.17 bits per heavy atom. The summed E-state index contributed by atoms with van der Waals surface area (Å²) in [6.07, 6.45) is 0.352. The molecule has 0 aliphatic carbocycles. The van der Waals surface area contributed by atoms with Gasteiger partial charge < -0.3 is 0 Å². The third-order valence-corrected chi connectivity index (χ3v) is 4.11. The molecular weight excluding hydrogens is 313 g/mol. The fourth-order valence-corrected chi connectivity index (χ4v) is 2.89. The minimum absolute atomic E-state index is 0.234. The topological polar surface area (TPSA) is 54.9 Å². The van der Waals surface area contributed by atoms with Crippen LogP contribution in [-0.4, -0.2) is 16.1 Å². The first kappa shape index (κ1) is 15.3. The van der Waals surface area contributed by atoms with E-state index in [9.17, 15) is 9.18 Å². The molecule has 2 aromatic carbocycles. The van der Waals surface area contributed by atoms with Gasteiger partial charge in [0.25, 0.3) is 5.91 Å². The number of aromatic nitrogens is 2. The molecule has 1 aromatic heterocycles. The Morgan fingerprint density at radius 3 is 2.78 bits per heavy atom. The molecule has 0 saturated heterocycles. The van der Waals surface area contributed by atoms with Crippen molar-refractivity contribution in [1.29, 1.82) is 0 Å². The maximum absolute atomic E-state index is 13.6.